The van der Waals surface area contributed by atoms with Crippen molar-refractivity contribution in [1.29, 1.82) is 0 Å². The summed E-state index contributed by atoms with van der Waals surface area (Å²) in [6.07, 6.45) is 1.97. The van der Waals surface area contributed by atoms with Crippen molar-refractivity contribution in [2.75, 3.05) is 27.3 Å². The van der Waals surface area contributed by atoms with Crippen molar-refractivity contribution >= 4 is 15.9 Å². The van der Waals surface area contributed by atoms with Crippen molar-refractivity contribution in [3.63, 3.8) is 0 Å². The topological polar surface area (TPSA) is 84.9 Å². The molecule has 0 radical (unpaired) electrons. The quantitative estimate of drug-likeness (QED) is 0.762. The molecule has 7 nitrogen and oxygen atoms in total. The largest absolute Gasteiger partial charge is 0.497 e. The van der Waals surface area contributed by atoms with Crippen LogP contribution in [0.4, 0.5) is 0 Å². The van der Waals surface area contributed by atoms with E-state index in [1.54, 1.807) is 11.0 Å². The minimum atomic E-state index is -3.72. The predicted molar refractivity (Wildman–Crippen MR) is 85.1 cm³/mol. The first kappa shape index (κ1) is 17.6. The molecule has 128 valence electrons. The van der Waals surface area contributed by atoms with Crippen LogP contribution < -0.4 is 14.2 Å². The van der Waals surface area contributed by atoms with Crippen molar-refractivity contribution in [3.8, 4) is 11.5 Å². The molecule has 23 heavy (non-hydrogen) atoms. The molecular weight excluding hydrogens is 320 g/mol. The van der Waals surface area contributed by atoms with E-state index in [0.717, 1.165) is 12.8 Å². The monoisotopic (exact) mass is 342 g/mol. The van der Waals surface area contributed by atoms with Crippen LogP contribution in [0.5, 0.6) is 11.5 Å². The van der Waals surface area contributed by atoms with E-state index >= 15 is 0 Å². The maximum absolute atomic E-state index is 12.4. The van der Waals surface area contributed by atoms with Crippen LogP contribution in [-0.2, 0) is 14.8 Å². The van der Waals surface area contributed by atoms with Gasteiger partial charge in [-0.25, -0.2) is 13.1 Å². The zero-order chi connectivity index (χ0) is 17.0. The number of ether oxygens (including phenoxy) is 2. The van der Waals surface area contributed by atoms with Crippen molar-refractivity contribution in [2.24, 2.45) is 0 Å². The third-order valence-corrected chi connectivity index (χ3v) is 5.20. The zero-order valence-corrected chi connectivity index (χ0v) is 14.4. The Morgan fingerprint density at radius 3 is 2.52 bits per heavy atom. The zero-order valence-electron chi connectivity index (χ0n) is 13.5. The Hall–Kier alpha value is -1.80. The maximum Gasteiger partial charge on any atom is 0.244 e. The lowest BCUT2D eigenvalue weighted by molar-refractivity contribution is -0.129. The van der Waals surface area contributed by atoms with E-state index in [9.17, 15) is 13.2 Å². The van der Waals surface area contributed by atoms with Gasteiger partial charge in [-0.15, -0.1) is 0 Å². The molecule has 1 N–H and O–H groups in total. The van der Waals surface area contributed by atoms with E-state index in [2.05, 4.69) is 4.72 Å². The molecule has 1 aromatic carbocycles. The van der Waals surface area contributed by atoms with Crippen LogP contribution >= 0.6 is 0 Å². The number of hydrogen-bond donors (Lipinski definition) is 1. The van der Waals surface area contributed by atoms with Gasteiger partial charge in [0.05, 0.1) is 14.2 Å². The van der Waals surface area contributed by atoms with Gasteiger partial charge in [-0.05, 0) is 25.0 Å². The molecule has 1 amide bonds. The predicted octanol–water partition coefficient (Wildman–Crippen LogP) is 0.993. The summed E-state index contributed by atoms with van der Waals surface area (Å²) < 4.78 is 37.5. The van der Waals surface area contributed by atoms with Gasteiger partial charge < -0.3 is 14.4 Å². The van der Waals surface area contributed by atoms with Crippen molar-refractivity contribution in [1.82, 2.24) is 9.62 Å². The molecular formula is C15H22N2O5S. The summed E-state index contributed by atoms with van der Waals surface area (Å²) in [7, 11) is -0.827. The van der Waals surface area contributed by atoms with Gasteiger partial charge >= 0.3 is 0 Å². The molecule has 2 rings (SSSR count). The minimum Gasteiger partial charge on any atom is -0.497 e. The molecule has 0 spiro atoms. The molecule has 1 fully saturated rings. The summed E-state index contributed by atoms with van der Waals surface area (Å²) in [5, 5.41) is 0. The highest BCUT2D eigenvalue weighted by Gasteiger charge is 2.30. The molecule has 0 aromatic heterocycles. The second-order valence-electron chi connectivity index (χ2n) is 5.36. The highest BCUT2D eigenvalue weighted by atomic mass is 32.2. The van der Waals surface area contributed by atoms with Gasteiger partial charge in [0, 0.05) is 32.1 Å². The summed E-state index contributed by atoms with van der Waals surface area (Å²) >= 11 is 0. The van der Waals surface area contributed by atoms with E-state index < -0.39 is 10.0 Å². The molecule has 1 aliphatic carbocycles. The summed E-state index contributed by atoms with van der Waals surface area (Å²) in [6.45, 7) is 2.02. The van der Waals surface area contributed by atoms with Crippen LogP contribution in [0, 0.1) is 0 Å². The van der Waals surface area contributed by atoms with E-state index in [1.807, 2.05) is 0 Å². The first-order chi connectivity index (χ1) is 10.9. The summed E-state index contributed by atoms with van der Waals surface area (Å²) in [4.78, 5) is 13.3. The highest BCUT2D eigenvalue weighted by molar-refractivity contribution is 7.89. The van der Waals surface area contributed by atoms with Gasteiger partial charge in [-0.3, -0.25) is 4.79 Å². The summed E-state index contributed by atoms with van der Waals surface area (Å²) in [5.74, 6) is 0.688. The molecule has 1 saturated carbocycles. The molecule has 0 bridgehead atoms. The number of methoxy groups -OCH3 is 2. The van der Waals surface area contributed by atoms with Gasteiger partial charge in [0.15, 0.2) is 0 Å². The highest BCUT2D eigenvalue weighted by Crippen LogP contribution is 2.28. The fraction of sp³-hybridized carbons (Fsp3) is 0.533. The molecule has 8 heteroatoms. The number of amides is 1. The van der Waals surface area contributed by atoms with Crippen molar-refractivity contribution < 1.29 is 22.7 Å². The Morgan fingerprint density at radius 2 is 2.00 bits per heavy atom. The van der Waals surface area contributed by atoms with Gasteiger partial charge in [0.25, 0.3) is 0 Å². The van der Waals surface area contributed by atoms with E-state index in [0.29, 0.717) is 12.3 Å². The molecule has 0 heterocycles. The summed E-state index contributed by atoms with van der Waals surface area (Å²) in [5.41, 5.74) is 0. The Balaban J connectivity index is 2.05. The molecule has 0 saturated heterocycles. The van der Waals surface area contributed by atoms with E-state index in [4.69, 9.17) is 9.47 Å². The van der Waals surface area contributed by atoms with Crippen molar-refractivity contribution in [3.05, 3.63) is 18.2 Å². The van der Waals surface area contributed by atoms with Crippen LogP contribution in [-0.4, -0.2) is 52.6 Å². The SMILES string of the molecule is COc1ccc(S(=O)(=O)NCCN(C(C)=O)C2CC2)c(OC)c1. The number of rotatable bonds is 8. The second kappa shape index (κ2) is 7.18. The Labute approximate surface area is 136 Å². The number of nitrogens with one attached hydrogen (secondary N) is 1. The normalized spacial score (nSPS) is 14.4. The smallest absolute Gasteiger partial charge is 0.244 e. The van der Waals surface area contributed by atoms with Gasteiger partial charge in [0.1, 0.15) is 16.4 Å². The van der Waals surface area contributed by atoms with Gasteiger partial charge in [-0.2, -0.15) is 0 Å². The lowest BCUT2D eigenvalue weighted by Crippen LogP contribution is -2.38. The third-order valence-electron chi connectivity index (χ3n) is 3.70. The molecule has 0 unspecified atom stereocenters. The van der Waals surface area contributed by atoms with Gasteiger partial charge in [-0.1, -0.05) is 0 Å². The standard InChI is InChI=1S/C15H22N2O5S/c1-11(18)17(12-4-5-12)9-8-16-23(19,20)15-7-6-13(21-2)10-14(15)22-3/h6-7,10,12,16H,4-5,8-9H2,1-3H3. The van der Waals surface area contributed by atoms with E-state index in [1.165, 1.54) is 33.3 Å². The average molecular weight is 342 g/mol. The number of carbonyl (C=O) groups excluding carboxylic acids is 1. The third kappa shape index (κ3) is 4.35. The number of sulfonamides is 1. The fourth-order valence-corrected chi connectivity index (χ4v) is 3.53. The minimum absolute atomic E-state index is 0.0336. The average Bonchev–Trinajstić information content (AvgIpc) is 3.35. The maximum atomic E-state index is 12.4. The lowest BCUT2D eigenvalue weighted by atomic mass is 10.3. The second-order valence-corrected chi connectivity index (χ2v) is 7.09. The molecule has 1 aromatic rings. The first-order valence-electron chi connectivity index (χ1n) is 7.38. The van der Waals surface area contributed by atoms with Crippen molar-refractivity contribution in [2.45, 2.75) is 30.7 Å². The lowest BCUT2D eigenvalue weighted by Gasteiger charge is -2.20. The van der Waals surface area contributed by atoms with E-state index in [-0.39, 0.29) is 29.1 Å². The Kier molecular flexibility index (Phi) is 5.48. The van der Waals surface area contributed by atoms with Crippen LogP contribution in [0.2, 0.25) is 0 Å². The molecule has 0 aliphatic heterocycles. The number of nitrogens with zero attached hydrogens (tertiary/aromatic N) is 1. The van der Waals surface area contributed by atoms with Crippen LogP contribution in [0.25, 0.3) is 0 Å². The Morgan fingerprint density at radius 1 is 1.30 bits per heavy atom. The van der Waals surface area contributed by atoms with Crippen LogP contribution in [0.15, 0.2) is 23.1 Å². The fourth-order valence-electron chi connectivity index (χ4n) is 2.36. The van der Waals surface area contributed by atoms with Crippen LogP contribution in [0.1, 0.15) is 19.8 Å². The first-order valence-corrected chi connectivity index (χ1v) is 8.86. The number of carbonyl (C=O) groups is 1. The summed E-state index contributed by atoms with van der Waals surface area (Å²) in [6, 6.07) is 4.76. The molecule has 1 aliphatic rings. The molecule has 0 atom stereocenters. The Bertz CT molecular complexity index is 670. The van der Waals surface area contributed by atoms with Gasteiger partial charge in [0.2, 0.25) is 15.9 Å². The number of hydrogen-bond acceptors (Lipinski definition) is 5. The number of benzene rings is 1. The van der Waals surface area contributed by atoms with Crippen LogP contribution in [0.3, 0.4) is 0 Å².